The zero-order valence-corrected chi connectivity index (χ0v) is 15.7. The molecule has 1 unspecified atom stereocenters. The van der Waals surface area contributed by atoms with Crippen LogP contribution in [-0.4, -0.2) is 39.5 Å². The van der Waals surface area contributed by atoms with E-state index >= 15 is 0 Å². The van der Waals surface area contributed by atoms with E-state index < -0.39 is 11.9 Å². The molecule has 0 spiro atoms. The largest absolute Gasteiger partial charge is 0.330 e. The number of nitrogens with zero attached hydrogens (tertiary/aromatic N) is 2. The van der Waals surface area contributed by atoms with Crippen molar-refractivity contribution in [1.82, 2.24) is 15.1 Å². The molecule has 0 aromatic heterocycles. The van der Waals surface area contributed by atoms with Crippen molar-refractivity contribution in [3.63, 3.8) is 0 Å². The predicted molar refractivity (Wildman–Crippen MR) is 103 cm³/mol. The van der Waals surface area contributed by atoms with Crippen molar-refractivity contribution in [2.24, 2.45) is 0 Å². The fraction of sp³-hybridized carbons (Fsp3) is 0.273. The highest BCUT2D eigenvalue weighted by atomic mass is 16.2. The average molecular weight is 389 g/mol. The van der Waals surface area contributed by atoms with Crippen LogP contribution in [0.1, 0.15) is 50.2 Å². The highest BCUT2D eigenvalue weighted by Crippen LogP contribution is 2.32. The molecule has 0 saturated carbocycles. The van der Waals surface area contributed by atoms with Crippen molar-refractivity contribution < 1.29 is 19.2 Å². The Balaban J connectivity index is 1.42. The number of benzene rings is 2. The van der Waals surface area contributed by atoms with E-state index in [0.717, 1.165) is 11.1 Å². The second-order valence-corrected chi connectivity index (χ2v) is 7.66. The van der Waals surface area contributed by atoms with Gasteiger partial charge in [-0.15, -0.1) is 0 Å². The van der Waals surface area contributed by atoms with E-state index in [9.17, 15) is 19.2 Å². The lowest BCUT2D eigenvalue weighted by molar-refractivity contribution is -0.136. The van der Waals surface area contributed by atoms with E-state index in [1.165, 1.54) is 4.90 Å². The van der Waals surface area contributed by atoms with E-state index in [2.05, 4.69) is 5.32 Å². The lowest BCUT2D eigenvalue weighted by Crippen LogP contribution is -2.52. The van der Waals surface area contributed by atoms with Crippen molar-refractivity contribution in [2.75, 3.05) is 0 Å². The van der Waals surface area contributed by atoms with Gasteiger partial charge in [0.1, 0.15) is 6.04 Å². The molecular weight excluding hydrogens is 370 g/mol. The van der Waals surface area contributed by atoms with Gasteiger partial charge >= 0.3 is 0 Å². The van der Waals surface area contributed by atoms with E-state index in [-0.39, 0.29) is 30.7 Å². The minimum atomic E-state index is -0.688. The second kappa shape index (κ2) is 6.55. The second-order valence-electron chi connectivity index (χ2n) is 7.66. The van der Waals surface area contributed by atoms with Crippen LogP contribution in [0.2, 0.25) is 0 Å². The van der Waals surface area contributed by atoms with Gasteiger partial charge < -0.3 is 9.80 Å². The van der Waals surface area contributed by atoms with Crippen LogP contribution in [0.4, 0.5) is 0 Å². The predicted octanol–water partition coefficient (Wildman–Crippen LogP) is 1.60. The SMILES string of the molecule is O=C1CCC(N2Cc3c(C(=O)N4Cc5ccccc5C4)cccc3C2=O)C(=O)N1. The minimum absolute atomic E-state index is 0.115. The highest BCUT2D eigenvalue weighted by Gasteiger charge is 2.40. The normalized spacial score (nSPS) is 20.6. The standard InChI is InChI=1S/C22H19N3O4/c26-19-9-8-18(20(27)23-19)25-12-17-15(6-3-7-16(17)22(25)29)21(28)24-10-13-4-1-2-5-14(13)11-24/h1-7,18H,8-12H2,(H,23,26,27). The minimum Gasteiger partial charge on any atom is -0.330 e. The summed E-state index contributed by atoms with van der Waals surface area (Å²) in [4.78, 5) is 53.1. The molecule has 3 aliphatic rings. The molecule has 3 aliphatic heterocycles. The molecule has 0 aliphatic carbocycles. The molecule has 5 rings (SSSR count). The molecule has 29 heavy (non-hydrogen) atoms. The summed E-state index contributed by atoms with van der Waals surface area (Å²) in [6.45, 7) is 1.29. The molecule has 2 aromatic rings. The first-order valence-corrected chi connectivity index (χ1v) is 9.65. The van der Waals surface area contributed by atoms with Gasteiger partial charge in [0.25, 0.3) is 11.8 Å². The third-order valence-electron chi connectivity index (χ3n) is 5.94. The summed E-state index contributed by atoms with van der Waals surface area (Å²) in [5, 5.41) is 2.30. The van der Waals surface area contributed by atoms with E-state index in [1.54, 1.807) is 23.1 Å². The zero-order valence-electron chi connectivity index (χ0n) is 15.7. The monoisotopic (exact) mass is 389 g/mol. The summed E-state index contributed by atoms with van der Waals surface area (Å²) >= 11 is 0. The Hall–Kier alpha value is -3.48. The molecule has 4 amide bonds. The number of amides is 4. The molecule has 0 radical (unpaired) electrons. The Bertz CT molecular complexity index is 1050. The van der Waals surface area contributed by atoms with E-state index in [4.69, 9.17) is 0 Å². The number of hydrogen-bond donors (Lipinski definition) is 1. The first kappa shape index (κ1) is 17.6. The average Bonchev–Trinajstić information content (AvgIpc) is 3.29. The summed E-state index contributed by atoms with van der Waals surface area (Å²) in [6, 6.07) is 12.4. The van der Waals surface area contributed by atoms with Crippen molar-refractivity contribution in [3.05, 3.63) is 70.3 Å². The lowest BCUT2D eigenvalue weighted by atomic mass is 10.0. The smallest absolute Gasteiger partial charge is 0.255 e. The van der Waals surface area contributed by atoms with Crippen molar-refractivity contribution in [2.45, 2.75) is 38.5 Å². The molecule has 1 N–H and O–H groups in total. The third kappa shape index (κ3) is 2.81. The molecule has 7 nitrogen and oxygen atoms in total. The number of rotatable bonds is 2. The number of nitrogens with one attached hydrogen (secondary N) is 1. The molecule has 1 saturated heterocycles. The fourth-order valence-electron chi connectivity index (χ4n) is 4.43. The fourth-order valence-corrected chi connectivity index (χ4v) is 4.43. The van der Waals surface area contributed by atoms with Gasteiger partial charge in [0.05, 0.1) is 0 Å². The van der Waals surface area contributed by atoms with E-state index in [0.29, 0.717) is 36.2 Å². The summed E-state index contributed by atoms with van der Waals surface area (Å²) in [5.74, 6) is -1.16. The topological polar surface area (TPSA) is 86.8 Å². The lowest BCUT2D eigenvalue weighted by Gasteiger charge is -2.29. The Labute approximate surface area is 167 Å². The number of fused-ring (bicyclic) bond motifs is 2. The first-order chi connectivity index (χ1) is 14.0. The molecule has 1 atom stereocenters. The maximum absolute atomic E-state index is 13.2. The van der Waals surface area contributed by atoms with Gasteiger partial charge in [0.2, 0.25) is 11.8 Å². The molecule has 0 bridgehead atoms. The Kier molecular flexibility index (Phi) is 3.97. The molecular formula is C22H19N3O4. The number of piperidine rings is 1. The maximum Gasteiger partial charge on any atom is 0.255 e. The van der Waals surface area contributed by atoms with Crippen LogP contribution in [0.15, 0.2) is 42.5 Å². The van der Waals surface area contributed by atoms with Crippen LogP contribution < -0.4 is 5.32 Å². The van der Waals surface area contributed by atoms with Crippen molar-refractivity contribution in [3.8, 4) is 0 Å². The molecule has 7 heteroatoms. The first-order valence-electron chi connectivity index (χ1n) is 9.65. The van der Waals surface area contributed by atoms with Crippen LogP contribution in [0.25, 0.3) is 0 Å². The molecule has 146 valence electrons. The summed E-state index contributed by atoms with van der Waals surface area (Å²) in [6.07, 6.45) is 0.503. The maximum atomic E-state index is 13.2. The van der Waals surface area contributed by atoms with Crippen LogP contribution >= 0.6 is 0 Å². The summed E-state index contributed by atoms with van der Waals surface area (Å²) < 4.78 is 0. The summed E-state index contributed by atoms with van der Waals surface area (Å²) in [7, 11) is 0. The van der Waals surface area contributed by atoms with Crippen LogP contribution in [0, 0.1) is 0 Å². The highest BCUT2D eigenvalue weighted by molar-refractivity contribution is 6.07. The van der Waals surface area contributed by atoms with Gasteiger partial charge in [0.15, 0.2) is 0 Å². The van der Waals surface area contributed by atoms with Gasteiger partial charge in [-0.25, -0.2) is 0 Å². The van der Waals surface area contributed by atoms with Gasteiger partial charge in [-0.3, -0.25) is 24.5 Å². The zero-order chi connectivity index (χ0) is 20.1. The molecule has 2 aromatic carbocycles. The van der Waals surface area contributed by atoms with Crippen LogP contribution in [0.5, 0.6) is 0 Å². The van der Waals surface area contributed by atoms with Crippen molar-refractivity contribution in [1.29, 1.82) is 0 Å². The number of hydrogen-bond acceptors (Lipinski definition) is 4. The van der Waals surface area contributed by atoms with Gasteiger partial charge in [0, 0.05) is 37.2 Å². The number of imide groups is 1. The summed E-state index contributed by atoms with van der Waals surface area (Å²) in [5.41, 5.74) is 3.88. The Morgan fingerprint density at radius 1 is 0.931 bits per heavy atom. The van der Waals surface area contributed by atoms with Gasteiger partial charge in [-0.2, -0.15) is 0 Å². The Morgan fingerprint density at radius 2 is 1.66 bits per heavy atom. The Morgan fingerprint density at radius 3 is 2.34 bits per heavy atom. The van der Waals surface area contributed by atoms with E-state index in [1.807, 2.05) is 24.3 Å². The van der Waals surface area contributed by atoms with Crippen LogP contribution in [0.3, 0.4) is 0 Å². The quantitative estimate of drug-likeness (QED) is 0.791. The van der Waals surface area contributed by atoms with Crippen LogP contribution in [-0.2, 0) is 29.2 Å². The molecule has 1 fully saturated rings. The third-order valence-corrected chi connectivity index (χ3v) is 5.94. The number of carbonyl (C=O) groups excluding carboxylic acids is 4. The van der Waals surface area contributed by atoms with Gasteiger partial charge in [-0.05, 0) is 35.2 Å². The van der Waals surface area contributed by atoms with Crippen molar-refractivity contribution >= 4 is 23.6 Å². The number of carbonyl (C=O) groups is 4. The molecule has 3 heterocycles. The van der Waals surface area contributed by atoms with Gasteiger partial charge in [-0.1, -0.05) is 30.3 Å².